The summed E-state index contributed by atoms with van der Waals surface area (Å²) in [4.78, 5) is 40.9. The highest BCUT2D eigenvalue weighted by Crippen LogP contribution is 2.29. The number of aromatic nitrogens is 4. The molecule has 8 nitrogen and oxygen atoms in total. The first-order chi connectivity index (χ1) is 13.3. The number of hydrogen-bond acceptors (Lipinski definition) is 4. The lowest BCUT2D eigenvalue weighted by molar-refractivity contribution is 0.102. The van der Waals surface area contributed by atoms with Crippen molar-refractivity contribution in [1.29, 1.82) is 0 Å². The maximum Gasteiger partial charge on any atom is 0.326 e. The third kappa shape index (κ3) is 2.96. The predicted octanol–water partition coefficient (Wildman–Crippen LogP) is 1.92. The van der Waals surface area contributed by atoms with Crippen LogP contribution < -0.4 is 16.6 Å². The Morgan fingerprint density at radius 1 is 1.14 bits per heavy atom. The van der Waals surface area contributed by atoms with Crippen molar-refractivity contribution in [1.82, 2.24) is 19.7 Å². The Bertz CT molecular complexity index is 1220. The quantitative estimate of drug-likeness (QED) is 0.645. The highest BCUT2D eigenvalue weighted by Gasteiger charge is 2.28. The van der Waals surface area contributed by atoms with Gasteiger partial charge >= 0.3 is 5.69 Å². The summed E-state index contributed by atoms with van der Waals surface area (Å²) in [6.45, 7) is 5.62. The van der Waals surface area contributed by atoms with Crippen molar-refractivity contribution in [3.63, 3.8) is 0 Å². The molecule has 1 aliphatic carbocycles. The summed E-state index contributed by atoms with van der Waals surface area (Å²) in [5.74, 6) is -0.456. The number of amides is 1. The number of aromatic amines is 2. The van der Waals surface area contributed by atoms with Gasteiger partial charge in [-0.1, -0.05) is 17.7 Å². The highest BCUT2D eigenvalue weighted by molar-refractivity contribution is 6.04. The van der Waals surface area contributed by atoms with Gasteiger partial charge in [0.15, 0.2) is 5.69 Å². The molecule has 0 unspecified atom stereocenters. The second-order valence-electron chi connectivity index (χ2n) is 7.19. The number of hydrogen-bond donors (Lipinski definition) is 3. The zero-order valence-corrected chi connectivity index (χ0v) is 16.0. The molecule has 3 N–H and O–H groups in total. The number of fused-ring (bicyclic) bond motifs is 1. The van der Waals surface area contributed by atoms with Crippen molar-refractivity contribution in [3.05, 3.63) is 72.8 Å². The normalized spacial score (nSPS) is 12.8. The summed E-state index contributed by atoms with van der Waals surface area (Å²) >= 11 is 0. The highest BCUT2D eigenvalue weighted by atomic mass is 16.2. The molecule has 0 spiro atoms. The molecule has 0 fully saturated rings. The number of H-pyrrole nitrogens is 2. The molecule has 2 heterocycles. The number of nitrogens with zero attached hydrogens (tertiary/aromatic N) is 2. The molecule has 1 amide bonds. The van der Waals surface area contributed by atoms with Crippen LogP contribution in [0.5, 0.6) is 0 Å². The van der Waals surface area contributed by atoms with Gasteiger partial charge in [-0.2, -0.15) is 5.10 Å². The average molecular weight is 379 g/mol. The minimum Gasteiger partial charge on any atom is -0.314 e. The van der Waals surface area contributed by atoms with Crippen LogP contribution in [0.4, 0.5) is 5.69 Å². The largest absolute Gasteiger partial charge is 0.326 e. The molecule has 8 heteroatoms. The molecular weight excluding hydrogens is 358 g/mol. The molecule has 1 aliphatic rings. The van der Waals surface area contributed by atoms with Crippen molar-refractivity contribution in [2.24, 2.45) is 0 Å². The zero-order valence-electron chi connectivity index (χ0n) is 16.0. The van der Waals surface area contributed by atoms with Gasteiger partial charge in [0.2, 0.25) is 0 Å². The SMILES string of the molecule is Cc1ccc(-n2nc(C(=O)Nc3c(C)[nH]c(=O)[nH]c3=O)c3c2CCC3)c(C)c1. The average Bonchev–Trinajstić information content (AvgIpc) is 3.21. The molecule has 0 atom stereocenters. The maximum atomic E-state index is 12.9. The number of anilines is 1. The standard InChI is InChI=1S/C20H21N5O3/c1-10-7-8-14(11(2)9-10)25-15-6-4-5-13(15)17(24-25)19(27)22-16-12(3)21-20(28)23-18(16)26/h7-9H,4-6H2,1-3H3,(H,22,27)(H2,21,23,26,28). The lowest BCUT2D eigenvalue weighted by Gasteiger charge is -2.10. The Morgan fingerprint density at radius 3 is 2.64 bits per heavy atom. The Kier molecular flexibility index (Phi) is 4.26. The van der Waals surface area contributed by atoms with E-state index >= 15 is 0 Å². The molecule has 0 saturated carbocycles. The Morgan fingerprint density at radius 2 is 1.93 bits per heavy atom. The maximum absolute atomic E-state index is 12.9. The van der Waals surface area contributed by atoms with E-state index in [0.717, 1.165) is 47.3 Å². The molecule has 3 aromatic rings. The van der Waals surface area contributed by atoms with E-state index < -0.39 is 17.2 Å². The van der Waals surface area contributed by atoms with E-state index in [9.17, 15) is 14.4 Å². The number of carbonyl (C=O) groups is 1. The molecule has 0 saturated heterocycles. The van der Waals surface area contributed by atoms with E-state index in [-0.39, 0.29) is 5.69 Å². The fraction of sp³-hybridized carbons (Fsp3) is 0.300. The molecule has 144 valence electrons. The van der Waals surface area contributed by atoms with Crippen LogP contribution in [0, 0.1) is 20.8 Å². The number of carbonyl (C=O) groups excluding carboxylic acids is 1. The van der Waals surface area contributed by atoms with Crippen molar-refractivity contribution in [2.75, 3.05) is 5.32 Å². The molecular formula is C20H21N5O3. The molecule has 2 aromatic heterocycles. The van der Waals surface area contributed by atoms with Crippen molar-refractivity contribution in [2.45, 2.75) is 40.0 Å². The van der Waals surface area contributed by atoms with Crippen LogP contribution in [0.25, 0.3) is 5.69 Å². The summed E-state index contributed by atoms with van der Waals surface area (Å²) in [5.41, 5.74) is 4.52. The summed E-state index contributed by atoms with van der Waals surface area (Å²) in [7, 11) is 0. The van der Waals surface area contributed by atoms with Gasteiger partial charge in [-0.15, -0.1) is 0 Å². The first kappa shape index (κ1) is 18.0. The Hall–Kier alpha value is -3.42. The van der Waals surface area contributed by atoms with E-state index in [2.05, 4.69) is 26.4 Å². The first-order valence-electron chi connectivity index (χ1n) is 9.18. The minimum absolute atomic E-state index is 0.0254. The number of aryl methyl sites for hydroxylation is 3. The van der Waals surface area contributed by atoms with Crippen LogP contribution in [0.2, 0.25) is 0 Å². The number of rotatable bonds is 3. The lowest BCUT2D eigenvalue weighted by Crippen LogP contribution is -2.29. The Labute approximate surface area is 160 Å². The van der Waals surface area contributed by atoms with Crippen LogP contribution >= 0.6 is 0 Å². The summed E-state index contributed by atoms with van der Waals surface area (Å²) in [6, 6.07) is 6.12. The van der Waals surface area contributed by atoms with E-state index in [1.807, 2.05) is 30.7 Å². The van der Waals surface area contributed by atoms with Crippen LogP contribution in [0.3, 0.4) is 0 Å². The second kappa shape index (κ2) is 6.63. The smallest absolute Gasteiger partial charge is 0.314 e. The van der Waals surface area contributed by atoms with Gasteiger partial charge < -0.3 is 10.3 Å². The molecule has 0 bridgehead atoms. The fourth-order valence-electron chi connectivity index (χ4n) is 3.79. The van der Waals surface area contributed by atoms with Crippen LogP contribution in [-0.4, -0.2) is 25.7 Å². The van der Waals surface area contributed by atoms with Gasteiger partial charge in [0.25, 0.3) is 11.5 Å². The third-order valence-electron chi connectivity index (χ3n) is 5.09. The molecule has 0 aliphatic heterocycles. The van der Waals surface area contributed by atoms with Crippen LogP contribution in [-0.2, 0) is 12.8 Å². The van der Waals surface area contributed by atoms with E-state index in [0.29, 0.717) is 11.4 Å². The monoisotopic (exact) mass is 379 g/mol. The molecule has 1 aromatic carbocycles. The summed E-state index contributed by atoms with van der Waals surface area (Å²) in [6.07, 6.45) is 2.57. The summed E-state index contributed by atoms with van der Waals surface area (Å²) < 4.78 is 1.84. The van der Waals surface area contributed by atoms with E-state index in [4.69, 9.17) is 0 Å². The molecule has 28 heavy (non-hydrogen) atoms. The van der Waals surface area contributed by atoms with Gasteiger partial charge in [-0.3, -0.25) is 14.6 Å². The number of nitrogens with one attached hydrogen (secondary N) is 3. The topological polar surface area (TPSA) is 113 Å². The third-order valence-corrected chi connectivity index (χ3v) is 5.09. The van der Waals surface area contributed by atoms with E-state index in [1.54, 1.807) is 6.92 Å². The Balaban J connectivity index is 1.76. The molecule has 0 radical (unpaired) electrons. The van der Waals surface area contributed by atoms with Crippen molar-refractivity contribution >= 4 is 11.6 Å². The minimum atomic E-state index is -0.639. The molecule has 4 rings (SSSR count). The van der Waals surface area contributed by atoms with Gasteiger partial charge in [-0.05, 0) is 51.7 Å². The fourth-order valence-corrected chi connectivity index (χ4v) is 3.79. The van der Waals surface area contributed by atoms with E-state index in [1.165, 1.54) is 0 Å². The number of benzene rings is 1. The van der Waals surface area contributed by atoms with Crippen molar-refractivity contribution < 1.29 is 4.79 Å². The first-order valence-corrected chi connectivity index (χ1v) is 9.18. The van der Waals surface area contributed by atoms with Crippen LogP contribution in [0.15, 0.2) is 27.8 Å². The second-order valence-corrected chi connectivity index (χ2v) is 7.19. The van der Waals surface area contributed by atoms with Gasteiger partial charge in [0, 0.05) is 17.0 Å². The van der Waals surface area contributed by atoms with Crippen LogP contribution in [0.1, 0.15) is 45.0 Å². The predicted molar refractivity (Wildman–Crippen MR) is 105 cm³/mol. The summed E-state index contributed by atoms with van der Waals surface area (Å²) in [5, 5.41) is 7.20. The van der Waals surface area contributed by atoms with Gasteiger partial charge in [0.05, 0.1) is 5.69 Å². The van der Waals surface area contributed by atoms with Gasteiger partial charge in [-0.25, -0.2) is 9.48 Å². The van der Waals surface area contributed by atoms with Crippen molar-refractivity contribution in [3.8, 4) is 5.69 Å². The lowest BCUT2D eigenvalue weighted by atomic mass is 10.1. The van der Waals surface area contributed by atoms with Gasteiger partial charge in [0.1, 0.15) is 5.69 Å². The zero-order chi connectivity index (χ0) is 20.0.